The molecular formula is C11H7ClN4. The molecule has 0 aliphatic heterocycles. The van der Waals surface area contributed by atoms with Crippen molar-refractivity contribution in [1.82, 2.24) is 15.0 Å². The second-order valence-corrected chi connectivity index (χ2v) is 3.55. The van der Waals surface area contributed by atoms with Gasteiger partial charge in [0, 0.05) is 12.3 Å². The highest BCUT2D eigenvalue weighted by atomic mass is 35.5. The lowest BCUT2D eigenvalue weighted by molar-refractivity contribution is 1.05. The first-order valence-electron chi connectivity index (χ1n) is 4.57. The lowest BCUT2D eigenvalue weighted by Gasteiger charge is -2.01. The van der Waals surface area contributed by atoms with Crippen molar-refractivity contribution in [2.24, 2.45) is 0 Å². The Hall–Kier alpha value is -1.99. The first kappa shape index (κ1) is 10.5. The second-order valence-electron chi connectivity index (χ2n) is 3.17. The Morgan fingerprint density at radius 3 is 2.62 bits per heavy atom. The van der Waals surface area contributed by atoms with E-state index in [2.05, 4.69) is 15.0 Å². The summed E-state index contributed by atoms with van der Waals surface area (Å²) >= 11 is 5.83. The van der Waals surface area contributed by atoms with Crippen LogP contribution in [0.1, 0.15) is 11.4 Å². The van der Waals surface area contributed by atoms with E-state index in [1.54, 1.807) is 25.1 Å². The van der Waals surface area contributed by atoms with Crippen LogP contribution in [0.15, 0.2) is 24.4 Å². The molecule has 4 nitrogen and oxygen atoms in total. The Morgan fingerprint density at radius 2 is 2.06 bits per heavy atom. The number of nitrogens with zero attached hydrogens (tertiary/aromatic N) is 4. The van der Waals surface area contributed by atoms with Crippen molar-refractivity contribution in [2.45, 2.75) is 6.92 Å². The zero-order valence-corrected chi connectivity index (χ0v) is 9.23. The average Bonchev–Trinajstić information content (AvgIpc) is 2.28. The van der Waals surface area contributed by atoms with Crippen LogP contribution in [0, 0.1) is 18.3 Å². The Balaban J connectivity index is 2.47. The van der Waals surface area contributed by atoms with Crippen LogP contribution in [0.3, 0.4) is 0 Å². The fraction of sp³-hybridized carbons (Fsp3) is 0.0909. The minimum atomic E-state index is 0.383. The smallest absolute Gasteiger partial charge is 0.133 e. The third kappa shape index (κ3) is 2.15. The van der Waals surface area contributed by atoms with Crippen molar-refractivity contribution in [3.63, 3.8) is 0 Å². The van der Waals surface area contributed by atoms with Gasteiger partial charge in [0.15, 0.2) is 0 Å². The van der Waals surface area contributed by atoms with Crippen LogP contribution < -0.4 is 0 Å². The molecule has 0 fully saturated rings. The first-order chi connectivity index (χ1) is 7.69. The van der Waals surface area contributed by atoms with Gasteiger partial charge in [-0.15, -0.1) is 0 Å². The number of pyridine rings is 1. The van der Waals surface area contributed by atoms with Gasteiger partial charge >= 0.3 is 0 Å². The van der Waals surface area contributed by atoms with Crippen molar-refractivity contribution in [3.8, 4) is 17.5 Å². The van der Waals surface area contributed by atoms with Gasteiger partial charge in [0.05, 0.1) is 17.0 Å². The number of aromatic nitrogens is 3. The molecule has 2 rings (SSSR count). The van der Waals surface area contributed by atoms with Crippen LogP contribution in [-0.4, -0.2) is 15.0 Å². The zero-order valence-electron chi connectivity index (χ0n) is 8.48. The number of rotatable bonds is 1. The molecule has 78 valence electrons. The average molecular weight is 231 g/mol. The van der Waals surface area contributed by atoms with Gasteiger partial charge in [-0.05, 0) is 19.1 Å². The number of hydrogen-bond donors (Lipinski definition) is 0. The van der Waals surface area contributed by atoms with Crippen molar-refractivity contribution < 1.29 is 0 Å². The maximum atomic E-state index is 8.65. The number of aryl methyl sites for hydroxylation is 1. The summed E-state index contributed by atoms with van der Waals surface area (Å²) in [5.41, 5.74) is 1.84. The number of halogens is 1. The molecule has 0 unspecified atom stereocenters. The second kappa shape index (κ2) is 4.25. The van der Waals surface area contributed by atoms with E-state index in [-0.39, 0.29) is 0 Å². The molecule has 0 atom stereocenters. The highest BCUT2D eigenvalue weighted by Gasteiger charge is 2.04. The minimum Gasteiger partial charge on any atom is -0.253 e. The molecule has 0 spiro atoms. The van der Waals surface area contributed by atoms with E-state index < -0.39 is 0 Å². The summed E-state index contributed by atoms with van der Waals surface area (Å²) < 4.78 is 0. The minimum absolute atomic E-state index is 0.383. The molecule has 0 aliphatic carbocycles. The van der Waals surface area contributed by atoms with Crippen LogP contribution in [0.5, 0.6) is 0 Å². The number of hydrogen-bond acceptors (Lipinski definition) is 4. The normalized spacial score (nSPS) is 9.81. The fourth-order valence-electron chi connectivity index (χ4n) is 1.27. The molecule has 0 bridgehead atoms. The maximum Gasteiger partial charge on any atom is 0.133 e. The molecule has 2 aromatic heterocycles. The summed E-state index contributed by atoms with van der Waals surface area (Å²) in [5.74, 6) is 0.591. The van der Waals surface area contributed by atoms with Crippen molar-refractivity contribution in [1.29, 1.82) is 5.26 Å². The van der Waals surface area contributed by atoms with Crippen molar-refractivity contribution >= 4 is 11.6 Å². The SMILES string of the molecule is Cc1nc(Cl)cc(-c2ccc(C#N)cn2)n1. The van der Waals surface area contributed by atoms with E-state index >= 15 is 0 Å². The molecule has 2 aromatic rings. The monoisotopic (exact) mass is 230 g/mol. The van der Waals surface area contributed by atoms with Gasteiger partial charge < -0.3 is 0 Å². The summed E-state index contributed by atoms with van der Waals surface area (Å²) in [6.07, 6.45) is 1.50. The van der Waals surface area contributed by atoms with Crippen molar-refractivity contribution in [3.05, 3.63) is 40.9 Å². The number of nitriles is 1. The molecule has 2 heterocycles. The zero-order chi connectivity index (χ0) is 11.5. The lowest BCUT2D eigenvalue weighted by Crippen LogP contribution is -1.93. The predicted molar refractivity (Wildman–Crippen MR) is 59.7 cm³/mol. The van der Waals surface area contributed by atoms with E-state index in [0.717, 1.165) is 0 Å². The van der Waals surface area contributed by atoms with E-state index in [0.29, 0.717) is 27.9 Å². The maximum absolute atomic E-state index is 8.65. The summed E-state index contributed by atoms with van der Waals surface area (Å²) in [6.45, 7) is 1.76. The molecule has 0 radical (unpaired) electrons. The van der Waals surface area contributed by atoms with Gasteiger partial charge in [0.1, 0.15) is 17.0 Å². The van der Waals surface area contributed by atoms with Gasteiger partial charge in [-0.3, -0.25) is 4.98 Å². The summed E-state index contributed by atoms with van der Waals surface area (Å²) in [4.78, 5) is 12.3. The van der Waals surface area contributed by atoms with Crippen LogP contribution in [-0.2, 0) is 0 Å². The van der Waals surface area contributed by atoms with Gasteiger partial charge in [0.25, 0.3) is 0 Å². The van der Waals surface area contributed by atoms with Gasteiger partial charge in [-0.1, -0.05) is 11.6 Å². The Morgan fingerprint density at radius 1 is 1.25 bits per heavy atom. The standard InChI is InChI=1S/C11H7ClN4/c1-7-15-10(4-11(12)16-7)9-3-2-8(5-13)6-14-9/h2-4,6H,1H3. The molecule has 0 aromatic carbocycles. The lowest BCUT2D eigenvalue weighted by atomic mass is 10.2. The van der Waals surface area contributed by atoms with Crippen LogP contribution in [0.25, 0.3) is 11.4 Å². The molecule has 0 saturated carbocycles. The highest BCUT2D eigenvalue weighted by molar-refractivity contribution is 6.29. The summed E-state index contributed by atoms with van der Waals surface area (Å²) in [5, 5.41) is 9.03. The third-order valence-corrected chi connectivity index (χ3v) is 2.16. The van der Waals surface area contributed by atoms with Gasteiger partial charge in [-0.2, -0.15) is 5.26 Å². The van der Waals surface area contributed by atoms with Crippen molar-refractivity contribution in [2.75, 3.05) is 0 Å². The molecule has 0 aliphatic rings. The van der Waals surface area contributed by atoms with E-state index in [1.807, 2.05) is 6.07 Å². The fourth-order valence-corrected chi connectivity index (χ4v) is 1.50. The third-order valence-electron chi connectivity index (χ3n) is 1.96. The highest BCUT2D eigenvalue weighted by Crippen LogP contribution is 2.17. The summed E-state index contributed by atoms with van der Waals surface area (Å²) in [6, 6.07) is 7.07. The molecule has 16 heavy (non-hydrogen) atoms. The van der Waals surface area contributed by atoms with E-state index in [4.69, 9.17) is 16.9 Å². The van der Waals surface area contributed by atoms with Gasteiger partial charge in [0.2, 0.25) is 0 Å². The predicted octanol–water partition coefficient (Wildman–Crippen LogP) is 2.37. The van der Waals surface area contributed by atoms with E-state index in [1.165, 1.54) is 6.20 Å². The molecule has 5 heteroatoms. The quantitative estimate of drug-likeness (QED) is 0.706. The largest absolute Gasteiger partial charge is 0.253 e. The first-order valence-corrected chi connectivity index (χ1v) is 4.94. The van der Waals surface area contributed by atoms with Crippen LogP contribution >= 0.6 is 11.6 Å². The Kier molecular flexibility index (Phi) is 2.80. The Bertz CT molecular complexity index is 537. The molecule has 0 N–H and O–H groups in total. The topological polar surface area (TPSA) is 62.5 Å². The summed E-state index contributed by atoms with van der Waals surface area (Å²) in [7, 11) is 0. The molecule has 0 saturated heterocycles. The Labute approximate surface area is 97.6 Å². The molecular weight excluding hydrogens is 224 g/mol. The van der Waals surface area contributed by atoms with Crippen LogP contribution in [0.4, 0.5) is 0 Å². The van der Waals surface area contributed by atoms with E-state index in [9.17, 15) is 0 Å². The van der Waals surface area contributed by atoms with Crippen LogP contribution in [0.2, 0.25) is 5.15 Å². The molecule has 0 amide bonds. The van der Waals surface area contributed by atoms with Gasteiger partial charge in [-0.25, -0.2) is 9.97 Å².